The lowest BCUT2D eigenvalue weighted by molar-refractivity contribution is -0.167. The van der Waals surface area contributed by atoms with Crippen LogP contribution in [0.1, 0.15) is 188 Å². The smallest absolute Gasteiger partial charge is 0.306 e. The van der Waals surface area contributed by atoms with Crippen LogP contribution in [0.3, 0.4) is 0 Å². The normalized spacial score (nSPS) is 12.9. The van der Waals surface area contributed by atoms with Gasteiger partial charge in [-0.05, 0) is 96.3 Å². The summed E-state index contributed by atoms with van der Waals surface area (Å²) in [4.78, 5) is 37.6. The average molecular weight is 765 g/mol. The number of hydrogen-bond acceptors (Lipinski definition) is 6. The summed E-state index contributed by atoms with van der Waals surface area (Å²) in [7, 11) is 0. The minimum atomic E-state index is -0.805. The zero-order valence-corrected chi connectivity index (χ0v) is 35.4. The summed E-state index contributed by atoms with van der Waals surface area (Å²) in [5.74, 6) is -0.989. The Hall–Kier alpha value is -3.41. The van der Waals surface area contributed by atoms with E-state index < -0.39 is 6.10 Å². The Labute approximate surface area is 337 Å². The molecule has 55 heavy (non-hydrogen) atoms. The van der Waals surface area contributed by atoms with Gasteiger partial charge in [0.25, 0.3) is 0 Å². The maximum absolute atomic E-state index is 12.7. The molecule has 0 aromatic carbocycles. The molecule has 0 saturated heterocycles. The molecule has 0 aliphatic carbocycles. The Kier molecular flexibility index (Phi) is 40.6. The van der Waals surface area contributed by atoms with E-state index in [2.05, 4.69) is 106 Å². The minimum Gasteiger partial charge on any atom is -0.462 e. The molecule has 6 heteroatoms. The van der Waals surface area contributed by atoms with Gasteiger partial charge >= 0.3 is 17.9 Å². The van der Waals surface area contributed by atoms with Gasteiger partial charge in [-0.2, -0.15) is 0 Å². The number of ether oxygens (including phenoxy) is 3. The van der Waals surface area contributed by atoms with Gasteiger partial charge in [0.05, 0.1) is 0 Å². The maximum atomic E-state index is 12.7. The summed E-state index contributed by atoms with van der Waals surface area (Å²) >= 11 is 0. The van der Waals surface area contributed by atoms with Crippen LogP contribution >= 0.6 is 0 Å². The Morgan fingerprint density at radius 2 is 0.764 bits per heavy atom. The first-order valence-electron chi connectivity index (χ1n) is 22.1. The van der Waals surface area contributed by atoms with E-state index in [9.17, 15) is 14.4 Å². The molecule has 0 rings (SSSR count). The van der Waals surface area contributed by atoms with E-state index in [1.165, 1.54) is 25.7 Å². The van der Waals surface area contributed by atoms with Gasteiger partial charge in [0.1, 0.15) is 13.2 Å². The van der Waals surface area contributed by atoms with Gasteiger partial charge < -0.3 is 14.2 Å². The van der Waals surface area contributed by atoms with E-state index in [-0.39, 0.29) is 37.5 Å². The third-order valence-corrected chi connectivity index (χ3v) is 8.88. The molecule has 0 aromatic heterocycles. The van der Waals surface area contributed by atoms with Crippen LogP contribution in [0, 0.1) is 0 Å². The molecule has 1 atom stereocenters. The SMILES string of the molecule is CC/C=C\C/C=C\C/C=C\C/C=C\CCCCCC(=O)OCC(COC(=O)CCCCCC/C=C\CCCC)OC(=O)CCCCC/C=C\C=C/CCCC. The standard InChI is InChI=1S/C49H80O6/c1-4-7-10-13-16-19-22-23-24-25-26-28-30-33-36-39-42-48(51)54-45-46(44-53-47(50)41-38-35-32-29-21-18-15-12-9-6-3)55-49(52)43-40-37-34-31-27-20-17-14-11-8-5-2/h7,10,14-20,23-24,26-28,46H,4-6,8-9,11-13,21-22,25,29-45H2,1-3H3/b10-7-,17-14-,18-15-,19-16-,24-23-,27-20-,28-26-. The second kappa shape index (κ2) is 43.3. The Bertz CT molecular complexity index is 1110. The lowest BCUT2D eigenvalue weighted by Gasteiger charge is -2.18. The summed E-state index contributed by atoms with van der Waals surface area (Å²) in [6.45, 7) is 6.33. The van der Waals surface area contributed by atoms with Crippen molar-refractivity contribution in [1.82, 2.24) is 0 Å². The van der Waals surface area contributed by atoms with E-state index in [1.807, 2.05) is 0 Å². The van der Waals surface area contributed by atoms with E-state index in [1.54, 1.807) is 0 Å². The molecular weight excluding hydrogens is 685 g/mol. The van der Waals surface area contributed by atoms with Gasteiger partial charge in [-0.3, -0.25) is 14.4 Å². The van der Waals surface area contributed by atoms with Crippen molar-refractivity contribution in [3.05, 3.63) is 85.1 Å². The number of unbranched alkanes of at least 4 members (excludes halogenated alkanes) is 14. The third-order valence-electron chi connectivity index (χ3n) is 8.88. The van der Waals surface area contributed by atoms with Crippen LogP contribution < -0.4 is 0 Å². The van der Waals surface area contributed by atoms with Crippen molar-refractivity contribution >= 4 is 17.9 Å². The fourth-order valence-electron chi connectivity index (χ4n) is 5.51. The summed E-state index contributed by atoms with van der Waals surface area (Å²) < 4.78 is 16.6. The number of carbonyl (C=O) groups is 3. The van der Waals surface area contributed by atoms with Crippen molar-refractivity contribution in [2.45, 2.75) is 194 Å². The number of hydrogen-bond donors (Lipinski definition) is 0. The zero-order chi connectivity index (χ0) is 40.1. The molecule has 0 radical (unpaired) electrons. The van der Waals surface area contributed by atoms with Crippen molar-refractivity contribution < 1.29 is 28.6 Å². The van der Waals surface area contributed by atoms with Gasteiger partial charge in [-0.25, -0.2) is 0 Å². The van der Waals surface area contributed by atoms with Crippen molar-refractivity contribution in [2.24, 2.45) is 0 Å². The van der Waals surface area contributed by atoms with Crippen molar-refractivity contribution in [1.29, 1.82) is 0 Å². The predicted molar refractivity (Wildman–Crippen MR) is 233 cm³/mol. The highest BCUT2D eigenvalue weighted by Crippen LogP contribution is 2.11. The van der Waals surface area contributed by atoms with Gasteiger partial charge in [0.15, 0.2) is 6.10 Å². The molecule has 6 nitrogen and oxygen atoms in total. The first kappa shape index (κ1) is 51.6. The summed E-state index contributed by atoms with van der Waals surface area (Å²) in [6.07, 6.45) is 54.3. The minimum absolute atomic E-state index is 0.105. The van der Waals surface area contributed by atoms with Gasteiger partial charge in [0.2, 0.25) is 0 Å². The predicted octanol–water partition coefficient (Wildman–Crippen LogP) is 14.1. The molecule has 312 valence electrons. The molecule has 0 aromatic rings. The molecule has 0 bridgehead atoms. The van der Waals surface area contributed by atoms with E-state index in [0.717, 1.165) is 122 Å². The summed E-state index contributed by atoms with van der Waals surface area (Å²) in [5.41, 5.74) is 0. The summed E-state index contributed by atoms with van der Waals surface area (Å²) in [6, 6.07) is 0. The fourth-order valence-corrected chi connectivity index (χ4v) is 5.51. The van der Waals surface area contributed by atoms with E-state index in [0.29, 0.717) is 12.8 Å². The van der Waals surface area contributed by atoms with Crippen LogP contribution in [0.25, 0.3) is 0 Å². The number of esters is 3. The highest BCUT2D eigenvalue weighted by molar-refractivity contribution is 5.71. The molecule has 0 spiro atoms. The Balaban J connectivity index is 4.48. The van der Waals surface area contributed by atoms with Gasteiger partial charge in [-0.15, -0.1) is 0 Å². The largest absolute Gasteiger partial charge is 0.462 e. The maximum Gasteiger partial charge on any atom is 0.306 e. The molecule has 0 N–H and O–H groups in total. The third kappa shape index (κ3) is 41.6. The lowest BCUT2D eigenvalue weighted by Crippen LogP contribution is -2.30. The molecule has 0 amide bonds. The molecule has 0 saturated carbocycles. The topological polar surface area (TPSA) is 78.9 Å². The van der Waals surface area contributed by atoms with Crippen LogP contribution in [0.2, 0.25) is 0 Å². The van der Waals surface area contributed by atoms with Crippen LogP contribution in [0.5, 0.6) is 0 Å². The van der Waals surface area contributed by atoms with E-state index >= 15 is 0 Å². The van der Waals surface area contributed by atoms with Gasteiger partial charge in [-0.1, -0.05) is 157 Å². The Morgan fingerprint density at radius 1 is 0.400 bits per heavy atom. The second-order valence-corrected chi connectivity index (χ2v) is 14.2. The monoisotopic (exact) mass is 765 g/mol. The van der Waals surface area contributed by atoms with Crippen LogP contribution in [-0.4, -0.2) is 37.2 Å². The lowest BCUT2D eigenvalue weighted by atomic mass is 10.1. The first-order chi connectivity index (χ1) is 27.0. The first-order valence-corrected chi connectivity index (χ1v) is 22.1. The van der Waals surface area contributed by atoms with Crippen molar-refractivity contribution in [3.8, 4) is 0 Å². The average Bonchev–Trinajstić information content (AvgIpc) is 3.18. The fraction of sp³-hybridized carbons (Fsp3) is 0.653. The van der Waals surface area contributed by atoms with Crippen molar-refractivity contribution in [2.75, 3.05) is 13.2 Å². The quantitative estimate of drug-likeness (QED) is 0.0205. The Morgan fingerprint density at radius 3 is 1.25 bits per heavy atom. The zero-order valence-electron chi connectivity index (χ0n) is 35.4. The van der Waals surface area contributed by atoms with Crippen LogP contribution in [-0.2, 0) is 28.6 Å². The van der Waals surface area contributed by atoms with Gasteiger partial charge in [0, 0.05) is 19.3 Å². The van der Waals surface area contributed by atoms with Crippen LogP contribution in [0.15, 0.2) is 85.1 Å². The highest BCUT2D eigenvalue weighted by atomic mass is 16.6. The number of carbonyl (C=O) groups excluding carboxylic acids is 3. The second-order valence-electron chi connectivity index (χ2n) is 14.2. The van der Waals surface area contributed by atoms with E-state index in [4.69, 9.17) is 14.2 Å². The molecule has 1 unspecified atom stereocenters. The molecular formula is C49H80O6. The number of allylic oxidation sites excluding steroid dienone is 14. The van der Waals surface area contributed by atoms with Crippen LogP contribution in [0.4, 0.5) is 0 Å². The molecule has 0 heterocycles. The highest BCUT2D eigenvalue weighted by Gasteiger charge is 2.19. The number of rotatable bonds is 38. The summed E-state index contributed by atoms with van der Waals surface area (Å²) in [5, 5.41) is 0. The molecule has 0 fully saturated rings. The molecule has 0 aliphatic rings. The molecule has 0 aliphatic heterocycles. The van der Waals surface area contributed by atoms with Crippen molar-refractivity contribution in [3.63, 3.8) is 0 Å².